The van der Waals surface area contributed by atoms with Crippen LogP contribution in [0.25, 0.3) is 6.08 Å². The van der Waals surface area contributed by atoms with Gasteiger partial charge in [-0.1, -0.05) is 61.0 Å². The SMILES string of the molecule is CC(CNC(=O)c1ccc2c(c1)NC(=O)C(=Cc1ccc(Cl)cc1)O2)c1ccccc1. The molecule has 2 N–H and O–H groups in total. The summed E-state index contributed by atoms with van der Waals surface area (Å²) in [5.74, 6) is 0.254. The van der Waals surface area contributed by atoms with E-state index in [-0.39, 0.29) is 23.5 Å². The number of ether oxygens (including phenoxy) is 1. The van der Waals surface area contributed by atoms with Gasteiger partial charge < -0.3 is 15.4 Å². The van der Waals surface area contributed by atoms with E-state index in [0.717, 1.165) is 11.1 Å². The minimum absolute atomic E-state index is 0.170. The monoisotopic (exact) mass is 432 g/mol. The third-order valence-electron chi connectivity index (χ3n) is 5.04. The molecule has 1 aliphatic heterocycles. The molecule has 31 heavy (non-hydrogen) atoms. The quantitative estimate of drug-likeness (QED) is 0.541. The molecule has 0 spiro atoms. The lowest BCUT2D eigenvalue weighted by atomic mass is 10.0. The van der Waals surface area contributed by atoms with Crippen molar-refractivity contribution in [2.24, 2.45) is 0 Å². The zero-order valence-electron chi connectivity index (χ0n) is 16.9. The number of amides is 2. The Morgan fingerprint density at radius 1 is 1.10 bits per heavy atom. The van der Waals surface area contributed by atoms with Crippen LogP contribution in [0.5, 0.6) is 5.75 Å². The molecule has 0 aliphatic carbocycles. The Hall–Kier alpha value is -3.57. The Kier molecular flexibility index (Phi) is 6.05. The third-order valence-corrected chi connectivity index (χ3v) is 5.29. The van der Waals surface area contributed by atoms with Gasteiger partial charge in [0.25, 0.3) is 11.8 Å². The minimum atomic E-state index is -0.377. The van der Waals surface area contributed by atoms with Crippen LogP contribution in [-0.4, -0.2) is 18.4 Å². The van der Waals surface area contributed by atoms with Crippen LogP contribution in [0.4, 0.5) is 5.69 Å². The Labute approximate surface area is 185 Å². The summed E-state index contributed by atoms with van der Waals surface area (Å²) in [4.78, 5) is 25.0. The second kappa shape index (κ2) is 9.06. The van der Waals surface area contributed by atoms with E-state index in [4.69, 9.17) is 16.3 Å². The van der Waals surface area contributed by atoms with Gasteiger partial charge in [-0.25, -0.2) is 0 Å². The number of rotatable bonds is 5. The summed E-state index contributed by atoms with van der Waals surface area (Å²) in [6.45, 7) is 2.57. The van der Waals surface area contributed by atoms with Crippen LogP contribution in [0.2, 0.25) is 5.02 Å². The van der Waals surface area contributed by atoms with Gasteiger partial charge >= 0.3 is 0 Å². The standard InChI is InChI=1S/C25H21ClN2O3/c1-16(18-5-3-2-4-6-18)15-27-24(29)19-9-12-22-21(14-19)28-25(30)23(31-22)13-17-7-10-20(26)11-8-17/h2-14,16H,15H2,1H3,(H,27,29)(H,28,30). The smallest absolute Gasteiger partial charge is 0.291 e. The molecule has 1 aliphatic rings. The Balaban J connectivity index is 1.44. The number of carbonyl (C=O) groups excluding carboxylic acids is 2. The minimum Gasteiger partial charge on any atom is -0.449 e. The molecule has 156 valence electrons. The van der Waals surface area contributed by atoms with Crippen LogP contribution in [0.3, 0.4) is 0 Å². The van der Waals surface area contributed by atoms with E-state index in [2.05, 4.69) is 17.6 Å². The van der Waals surface area contributed by atoms with Gasteiger partial charge in [0.05, 0.1) is 5.69 Å². The molecule has 3 aromatic carbocycles. The molecule has 0 fully saturated rings. The fourth-order valence-corrected chi connectivity index (χ4v) is 3.39. The maximum atomic E-state index is 12.6. The second-order valence-electron chi connectivity index (χ2n) is 7.35. The molecule has 0 saturated heterocycles. The van der Waals surface area contributed by atoms with Crippen LogP contribution in [0, 0.1) is 0 Å². The van der Waals surface area contributed by atoms with E-state index in [0.29, 0.717) is 28.6 Å². The Bertz CT molecular complexity index is 1140. The molecule has 0 saturated carbocycles. The highest BCUT2D eigenvalue weighted by molar-refractivity contribution is 6.30. The predicted molar refractivity (Wildman–Crippen MR) is 122 cm³/mol. The zero-order chi connectivity index (χ0) is 21.8. The van der Waals surface area contributed by atoms with Crippen molar-refractivity contribution in [1.82, 2.24) is 5.32 Å². The van der Waals surface area contributed by atoms with Crippen LogP contribution in [-0.2, 0) is 4.79 Å². The average Bonchev–Trinajstić information content (AvgIpc) is 2.79. The molecule has 0 bridgehead atoms. The van der Waals surface area contributed by atoms with Crippen molar-refractivity contribution in [2.75, 3.05) is 11.9 Å². The number of hydrogen-bond acceptors (Lipinski definition) is 3. The second-order valence-corrected chi connectivity index (χ2v) is 7.79. The van der Waals surface area contributed by atoms with Gasteiger partial charge in [-0.15, -0.1) is 0 Å². The Morgan fingerprint density at radius 2 is 1.84 bits per heavy atom. The maximum Gasteiger partial charge on any atom is 0.291 e. The molecule has 0 radical (unpaired) electrons. The number of halogens is 1. The lowest BCUT2D eigenvalue weighted by Gasteiger charge is -2.21. The fraction of sp³-hybridized carbons (Fsp3) is 0.120. The van der Waals surface area contributed by atoms with Crippen molar-refractivity contribution in [3.8, 4) is 5.75 Å². The highest BCUT2D eigenvalue weighted by Gasteiger charge is 2.23. The maximum absolute atomic E-state index is 12.6. The van der Waals surface area contributed by atoms with E-state index < -0.39 is 0 Å². The van der Waals surface area contributed by atoms with Gasteiger partial charge in [0.2, 0.25) is 0 Å². The van der Waals surface area contributed by atoms with Crippen LogP contribution in [0.1, 0.15) is 34.3 Å². The lowest BCUT2D eigenvalue weighted by molar-refractivity contribution is -0.115. The number of anilines is 1. The molecule has 3 aromatic rings. The zero-order valence-corrected chi connectivity index (χ0v) is 17.6. The largest absolute Gasteiger partial charge is 0.449 e. The summed E-state index contributed by atoms with van der Waals surface area (Å²) < 4.78 is 5.75. The molecule has 0 aromatic heterocycles. The summed E-state index contributed by atoms with van der Waals surface area (Å²) in [7, 11) is 0. The molecular weight excluding hydrogens is 412 g/mol. The van der Waals surface area contributed by atoms with Gasteiger partial charge in [-0.3, -0.25) is 9.59 Å². The van der Waals surface area contributed by atoms with Crippen LogP contribution in [0.15, 0.2) is 78.6 Å². The predicted octanol–water partition coefficient (Wildman–Crippen LogP) is 5.25. The van der Waals surface area contributed by atoms with Crippen molar-refractivity contribution in [1.29, 1.82) is 0 Å². The van der Waals surface area contributed by atoms with Gasteiger partial charge in [0.1, 0.15) is 0 Å². The van der Waals surface area contributed by atoms with E-state index in [1.54, 1.807) is 48.5 Å². The fourth-order valence-electron chi connectivity index (χ4n) is 3.26. The molecule has 4 rings (SSSR count). The van der Waals surface area contributed by atoms with Gasteiger partial charge in [-0.05, 0) is 53.5 Å². The van der Waals surface area contributed by atoms with E-state index in [9.17, 15) is 9.59 Å². The first-order valence-corrected chi connectivity index (χ1v) is 10.3. The van der Waals surface area contributed by atoms with Crippen LogP contribution >= 0.6 is 11.6 Å². The lowest BCUT2D eigenvalue weighted by Crippen LogP contribution is -2.28. The molecular formula is C25H21ClN2O3. The summed E-state index contributed by atoms with van der Waals surface area (Å²) in [5, 5.41) is 6.35. The van der Waals surface area contributed by atoms with Crippen molar-refractivity contribution in [3.63, 3.8) is 0 Å². The number of benzene rings is 3. The van der Waals surface area contributed by atoms with Gasteiger partial charge in [0, 0.05) is 17.1 Å². The summed E-state index contributed by atoms with van der Waals surface area (Å²) in [6.07, 6.45) is 1.64. The van der Waals surface area contributed by atoms with E-state index in [1.165, 1.54) is 0 Å². The summed E-state index contributed by atoms with van der Waals surface area (Å²) in [5.41, 5.74) is 2.87. The molecule has 2 amide bonds. The number of carbonyl (C=O) groups is 2. The van der Waals surface area contributed by atoms with E-state index >= 15 is 0 Å². The van der Waals surface area contributed by atoms with Crippen molar-refractivity contribution >= 4 is 35.2 Å². The van der Waals surface area contributed by atoms with E-state index in [1.807, 2.05) is 30.3 Å². The normalized spacial score (nSPS) is 14.9. The molecule has 5 nitrogen and oxygen atoms in total. The third kappa shape index (κ3) is 4.95. The molecule has 1 unspecified atom stereocenters. The van der Waals surface area contributed by atoms with Crippen molar-refractivity contribution in [2.45, 2.75) is 12.8 Å². The van der Waals surface area contributed by atoms with Crippen molar-refractivity contribution < 1.29 is 14.3 Å². The van der Waals surface area contributed by atoms with Crippen molar-refractivity contribution in [3.05, 3.63) is 100 Å². The molecule has 6 heteroatoms. The highest BCUT2D eigenvalue weighted by atomic mass is 35.5. The summed E-state index contributed by atoms with van der Waals surface area (Å²) in [6, 6.07) is 22.1. The number of hydrogen-bond donors (Lipinski definition) is 2. The molecule has 1 atom stereocenters. The average molecular weight is 433 g/mol. The van der Waals surface area contributed by atoms with Gasteiger partial charge in [0.15, 0.2) is 11.5 Å². The first-order chi connectivity index (χ1) is 15.0. The molecule has 1 heterocycles. The highest BCUT2D eigenvalue weighted by Crippen LogP contribution is 2.32. The topological polar surface area (TPSA) is 67.4 Å². The number of fused-ring (bicyclic) bond motifs is 1. The number of nitrogens with one attached hydrogen (secondary N) is 2. The summed E-state index contributed by atoms with van der Waals surface area (Å²) >= 11 is 5.90. The van der Waals surface area contributed by atoms with Crippen LogP contribution < -0.4 is 15.4 Å². The van der Waals surface area contributed by atoms with Gasteiger partial charge in [-0.2, -0.15) is 0 Å². The first-order valence-electron chi connectivity index (χ1n) is 9.93. The first kappa shape index (κ1) is 20.7. The Morgan fingerprint density at radius 3 is 2.58 bits per heavy atom.